The van der Waals surface area contributed by atoms with Crippen molar-refractivity contribution in [1.29, 1.82) is 0 Å². The van der Waals surface area contributed by atoms with Gasteiger partial charge >= 0.3 is 7.82 Å². The topological polar surface area (TPSA) is 64.2 Å². The van der Waals surface area contributed by atoms with E-state index in [1.807, 2.05) is 0 Å². The van der Waals surface area contributed by atoms with Crippen molar-refractivity contribution >= 4 is 7.82 Å². The Morgan fingerprint density at radius 1 is 0.270 bits per heavy atom. The zero-order valence-corrected chi connectivity index (χ0v) is 63.3. The van der Waals surface area contributed by atoms with Crippen LogP contribution in [0, 0.1) is 0 Å². The Morgan fingerprint density at radius 3 is 0.573 bits per heavy atom. The standard InChI is InChI=1S/C78H129N6O4P/c1-67(2)40-52(41-68(3,4)79(67)25)58-34-31-37-61(64(58)55-46-73(13,14)82(28)74(15,16)47-55)86-89(85,87-62-38-32-35-59(53-42-69(5,6)80(26)70(7,8)43-53)65(62)56-48-75(17,18)83(29)76(19,20)49-56)88-63-39-33-36-60(54-44-71(9,10)81(27)72(11,12)45-54)66(63)57-50-77(21,22)84(30)78(23,24)51-57/h31-39,52-57H,40-51H2,1-30H3. The van der Waals surface area contributed by atoms with Gasteiger partial charge in [0.1, 0.15) is 17.2 Å². The fourth-order valence-corrected chi connectivity index (χ4v) is 21.5. The molecule has 11 heteroatoms. The summed E-state index contributed by atoms with van der Waals surface area (Å²) in [5.41, 5.74) is 6.20. The van der Waals surface area contributed by atoms with E-state index in [-0.39, 0.29) is 102 Å². The molecule has 0 bridgehead atoms. The predicted octanol–water partition coefficient (Wildman–Crippen LogP) is 19.5. The maximum Gasteiger partial charge on any atom is 0.647 e. The van der Waals surface area contributed by atoms with Crippen molar-refractivity contribution in [1.82, 2.24) is 29.4 Å². The van der Waals surface area contributed by atoms with Crippen LogP contribution in [0.3, 0.4) is 0 Å². The molecular weight excluding hydrogens is 1120 g/mol. The molecule has 6 aliphatic heterocycles. The molecule has 9 rings (SSSR count). The molecule has 0 atom stereocenters. The first kappa shape index (κ1) is 70.4. The van der Waals surface area contributed by atoms with E-state index < -0.39 is 7.82 Å². The molecule has 6 aliphatic rings. The Morgan fingerprint density at radius 2 is 0.416 bits per heavy atom. The molecule has 6 saturated heterocycles. The van der Waals surface area contributed by atoms with Crippen LogP contribution in [0.15, 0.2) is 54.6 Å². The fourth-order valence-electron chi connectivity index (χ4n) is 20.2. The van der Waals surface area contributed by atoms with Crippen molar-refractivity contribution in [3.8, 4) is 17.2 Å². The molecule has 0 amide bonds. The summed E-state index contributed by atoms with van der Waals surface area (Å²) in [6.07, 6.45) is 11.4. The lowest BCUT2D eigenvalue weighted by atomic mass is 9.66. The molecule has 0 saturated carbocycles. The average Bonchev–Trinajstić information content (AvgIpc) is 0.765. The molecule has 0 aromatic heterocycles. The van der Waals surface area contributed by atoms with Gasteiger partial charge < -0.3 is 13.6 Å². The monoisotopic (exact) mass is 1240 g/mol. The number of phosphoric acid groups is 1. The van der Waals surface area contributed by atoms with Crippen LogP contribution in [0.4, 0.5) is 0 Å². The number of nitrogens with zero attached hydrogens (tertiary/aromatic N) is 6. The van der Waals surface area contributed by atoms with Crippen molar-refractivity contribution < 1.29 is 18.1 Å². The minimum absolute atomic E-state index is 0.0688. The molecule has 0 spiro atoms. The van der Waals surface area contributed by atoms with Gasteiger partial charge in [0.25, 0.3) is 0 Å². The van der Waals surface area contributed by atoms with Crippen molar-refractivity contribution in [2.45, 2.75) is 345 Å². The van der Waals surface area contributed by atoms with E-state index in [1.54, 1.807) is 0 Å². The lowest BCUT2D eigenvalue weighted by molar-refractivity contribution is -0.0175. The van der Waals surface area contributed by atoms with Gasteiger partial charge in [0, 0.05) is 83.2 Å². The van der Waals surface area contributed by atoms with Crippen LogP contribution in [-0.2, 0) is 4.57 Å². The third-order valence-corrected chi connectivity index (χ3v) is 27.6. The lowest BCUT2D eigenvalue weighted by Gasteiger charge is -2.56. The Balaban J connectivity index is 1.33. The summed E-state index contributed by atoms with van der Waals surface area (Å²) in [6, 6.07) is 20.1. The lowest BCUT2D eigenvalue weighted by Crippen LogP contribution is -2.58. The summed E-state index contributed by atoms with van der Waals surface area (Å²) in [6.45, 7) is 57.8. The molecule has 0 aliphatic carbocycles. The Kier molecular flexibility index (Phi) is 18.1. The Bertz CT molecular complexity index is 2710. The third kappa shape index (κ3) is 13.3. The van der Waals surface area contributed by atoms with E-state index in [1.165, 1.54) is 33.4 Å². The van der Waals surface area contributed by atoms with Gasteiger partial charge in [-0.3, -0.25) is 29.4 Å². The smallest absolute Gasteiger partial charge is 0.386 e. The van der Waals surface area contributed by atoms with Gasteiger partial charge in [-0.25, -0.2) is 0 Å². The molecule has 0 radical (unpaired) electrons. The normalized spacial score (nSPS) is 27.9. The third-order valence-electron chi connectivity index (χ3n) is 26.3. The molecule has 89 heavy (non-hydrogen) atoms. The number of hydrogen-bond donors (Lipinski definition) is 0. The largest absolute Gasteiger partial charge is 0.647 e. The van der Waals surface area contributed by atoms with Crippen molar-refractivity contribution in [2.75, 3.05) is 42.3 Å². The molecule has 3 aromatic carbocycles. The van der Waals surface area contributed by atoms with E-state index in [0.29, 0.717) is 17.2 Å². The summed E-state index contributed by atoms with van der Waals surface area (Å²) in [4.78, 5) is 15.5. The zero-order chi connectivity index (χ0) is 66.6. The molecule has 0 unspecified atom stereocenters. The highest BCUT2D eigenvalue weighted by atomic mass is 31.2. The highest BCUT2D eigenvalue weighted by molar-refractivity contribution is 7.49. The van der Waals surface area contributed by atoms with Crippen molar-refractivity contribution in [3.63, 3.8) is 0 Å². The number of piperidine rings is 6. The molecule has 6 heterocycles. The first-order valence-electron chi connectivity index (χ1n) is 34.8. The molecule has 10 nitrogen and oxygen atoms in total. The van der Waals surface area contributed by atoms with Gasteiger partial charge in [-0.15, -0.1) is 0 Å². The van der Waals surface area contributed by atoms with Crippen LogP contribution >= 0.6 is 7.82 Å². The summed E-state index contributed by atoms with van der Waals surface area (Å²) < 4.78 is 41.4. The van der Waals surface area contributed by atoms with E-state index in [0.717, 1.165) is 77.0 Å². The maximum atomic E-state index is 18.0. The first-order chi connectivity index (χ1) is 40.3. The van der Waals surface area contributed by atoms with Crippen LogP contribution in [0.2, 0.25) is 0 Å². The molecular formula is C78H129N6O4P. The van der Waals surface area contributed by atoms with E-state index >= 15 is 4.57 Å². The SMILES string of the molecule is CN1C(C)(C)CC(c2cccc(OP(=O)(Oc3cccc(C4CC(C)(C)N(C)C(C)(C)C4)c3C3CC(C)(C)N(C)C(C)(C)C3)Oc3cccc(C4CC(C)(C)N(C)C(C)(C)C4)c3C3CC(C)(C)N(C)C(C)(C)C3)c2C2CC(C)(C)N(C)C(C)(C)C2)CC1(C)C. The zero-order valence-electron chi connectivity index (χ0n) is 62.4. The quantitative estimate of drug-likeness (QED) is 0.164. The van der Waals surface area contributed by atoms with Gasteiger partial charge in [0.15, 0.2) is 0 Å². The molecule has 500 valence electrons. The van der Waals surface area contributed by atoms with Gasteiger partial charge in [-0.1, -0.05) is 36.4 Å². The molecule has 0 N–H and O–H groups in total. The Hall–Kier alpha value is -2.95. The molecule has 6 fully saturated rings. The average molecular weight is 1250 g/mol. The predicted molar refractivity (Wildman–Crippen MR) is 376 cm³/mol. The fraction of sp³-hybridized carbons (Fsp3) is 0.769. The number of phosphoric ester groups is 1. The van der Waals surface area contributed by atoms with Crippen LogP contribution in [-0.4, -0.2) is 138 Å². The van der Waals surface area contributed by atoms with Gasteiger partial charge in [-0.05, 0) is 356 Å². The second-order valence-electron chi connectivity index (χ2n) is 37.7. The van der Waals surface area contributed by atoms with Gasteiger partial charge in [0.05, 0.1) is 0 Å². The van der Waals surface area contributed by atoms with Crippen LogP contribution in [0.1, 0.15) is 312 Å². The maximum absolute atomic E-state index is 18.0. The minimum Gasteiger partial charge on any atom is -0.386 e. The second-order valence-corrected chi connectivity index (χ2v) is 39.2. The summed E-state index contributed by atoms with van der Waals surface area (Å²) in [5, 5.41) is 0. The highest BCUT2D eigenvalue weighted by Gasteiger charge is 2.54. The second kappa shape index (κ2) is 22.9. The summed E-state index contributed by atoms with van der Waals surface area (Å²) in [7, 11) is 9.05. The Labute approximate surface area is 545 Å². The minimum atomic E-state index is -4.77. The number of hydrogen-bond acceptors (Lipinski definition) is 10. The van der Waals surface area contributed by atoms with Gasteiger partial charge in [0.2, 0.25) is 0 Å². The van der Waals surface area contributed by atoms with E-state index in [2.05, 4.69) is 292 Å². The number of likely N-dealkylation sites (tertiary alicyclic amines) is 6. The van der Waals surface area contributed by atoms with E-state index in [9.17, 15) is 0 Å². The summed E-state index contributed by atoms with van der Waals surface area (Å²) >= 11 is 0. The van der Waals surface area contributed by atoms with E-state index in [4.69, 9.17) is 13.6 Å². The number of benzene rings is 3. The van der Waals surface area contributed by atoms with Crippen LogP contribution < -0.4 is 13.6 Å². The number of rotatable bonds is 12. The van der Waals surface area contributed by atoms with Crippen molar-refractivity contribution in [2.24, 2.45) is 0 Å². The molecule has 3 aromatic rings. The summed E-state index contributed by atoms with van der Waals surface area (Å²) in [5.74, 6) is 2.84. The van der Waals surface area contributed by atoms with Gasteiger partial charge in [-0.2, -0.15) is 4.57 Å². The first-order valence-corrected chi connectivity index (χ1v) is 36.3. The van der Waals surface area contributed by atoms with Crippen molar-refractivity contribution in [3.05, 3.63) is 88.0 Å². The highest BCUT2D eigenvalue weighted by Crippen LogP contribution is 2.62. The van der Waals surface area contributed by atoms with Crippen LogP contribution in [0.25, 0.3) is 0 Å². The van der Waals surface area contributed by atoms with Crippen LogP contribution in [0.5, 0.6) is 17.2 Å².